The molecule has 0 radical (unpaired) electrons. The fourth-order valence-electron chi connectivity index (χ4n) is 2.96. The minimum Gasteiger partial charge on any atom is -0.347 e. The first-order valence-electron chi connectivity index (χ1n) is 6.89. The SMILES string of the molecule is CC1CN(CC2Cc3nc[nH]c3CN2)CCN1C. The normalized spacial score (nSPS) is 30.3. The number of hydrogen-bond acceptors (Lipinski definition) is 4. The Balaban J connectivity index is 1.55. The second-order valence-corrected chi connectivity index (χ2v) is 5.70. The second-order valence-electron chi connectivity index (χ2n) is 5.70. The third-order valence-electron chi connectivity index (χ3n) is 4.34. The Bertz CT molecular complexity index is 402. The predicted molar refractivity (Wildman–Crippen MR) is 71.5 cm³/mol. The molecule has 18 heavy (non-hydrogen) atoms. The summed E-state index contributed by atoms with van der Waals surface area (Å²) in [5.41, 5.74) is 2.51. The van der Waals surface area contributed by atoms with Crippen molar-refractivity contribution in [2.24, 2.45) is 0 Å². The Morgan fingerprint density at radius 1 is 1.44 bits per heavy atom. The van der Waals surface area contributed by atoms with Crippen LogP contribution >= 0.6 is 0 Å². The Kier molecular flexibility index (Phi) is 3.37. The van der Waals surface area contributed by atoms with Crippen LogP contribution in [0.3, 0.4) is 0 Å². The maximum absolute atomic E-state index is 4.40. The molecule has 2 atom stereocenters. The van der Waals surface area contributed by atoms with Gasteiger partial charge in [0.1, 0.15) is 0 Å². The van der Waals surface area contributed by atoms with Gasteiger partial charge in [0.15, 0.2) is 0 Å². The van der Waals surface area contributed by atoms with E-state index in [9.17, 15) is 0 Å². The molecule has 1 aromatic rings. The molecule has 5 nitrogen and oxygen atoms in total. The highest BCUT2D eigenvalue weighted by atomic mass is 15.3. The van der Waals surface area contributed by atoms with E-state index in [-0.39, 0.29) is 0 Å². The lowest BCUT2D eigenvalue weighted by Gasteiger charge is -2.39. The molecule has 3 rings (SSSR count). The van der Waals surface area contributed by atoms with Gasteiger partial charge in [0.25, 0.3) is 0 Å². The molecule has 2 unspecified atom stereocenters. The van der Waals surface area contributed by atoms with Crippen LogP contribution in [0.4, 0.5) is 0 Å². The number of hydrogen-bond donors (Lipinski definition) is 2. The van der Waals surface area contributed by atoms with Gasteiger partial charge in [-0.2, -0.15) is 0 Å². The largest absolute Gasteiger partial charge is 0.347 e. The van der Waals surface area contributed by atoms with Gasteiger partial charge >= 0.3 is 0 Å². The van der Waals surface area contributed by atoms with Crippen LogP contribution < -0.4 is 5.32 Å². The van der Waals surface area contributed by atoms with Crippen molar-refractivity contribution in [3.63, 3.8) is 0 Å². The smallest absolute Gasteiger partial charge is 0.0925 e. The molecule has 2 N–H and O–H groups in total. The van der Waals surface area contributed by atoms with Crippen molar-refractivity contribution in [3.05, 3.63) is 17.7 Å². The lowest BCUT2D eigenvalue weighted by Crippen LogP contribution is -2.54. The van der Waals surface area contributed by atoms with Crippen molar-refractivity contribution in [1.29, 1.82) is 0 Å². The highest BCUT2D eigenvalue weighted by molar-refractivity contribution is 5.16. The Morgan fingerprint density at radius 3 is 3.17 bits per heavy atom. The standard InChI is InChI=1S/C13H23N5/c1-10-7-18(4-3-17(10)2)8-11-5-12-13(6-14-11)16-9-15-12/h9-11,14H,3-8H2,1-2H3,(H,15,16). The zero-order valence-electron chi connectivity index (χ0n) is 11.3. The van der Waals surface area contributed by atoms with Gasteiger partial charge in [0, 0.05) is 51.2 Å². The molecule has 100 valence electrons. The number of likely N-dealkylation sites (N-methyl/N-ethyl adjacent to an activating group) is 1. The fraction of sp³-hybridized carbons (Fsp3) is 0.769. The number of rotatable bonds is 2. The van der Waals surface area contributed by atoms with Crippen LogP contribution in [0.15, 0.2) is 6.33 Å². The van der Waals surface area contributed by atoms with Crippen molar-refractivity contribution in [3.8, 4) is 0 Å². The van der Waals surface area contributed by atoms with Crippen molar-refractivity contribution in [2.45, 2.75) is 32.0 Å². The van der Waals surface area contributed by atoms with Crippen LogP contribution in [-0.4, -0.2) is 65.1 Å². The summed E-state index contributed by atoms with van der Waals surface area (Å²) < 4.78 is 0. The van der Waals surface area contributed by atoms with Gasteiger partial charge in [-0.15, -0.1) is 0 Å². The number of piperazine rings is 1. The van der Waals surface area contributed by atoms with Gasteiger partial charge in [0.2, 0.25) is 0 Å². The number of fused-ring (bicyclic) bond motifs is 1. The minimum atomic E-state index is 0.552. The van der Waals surface area contributed by atoms with Gasteiger partial charge in [-0.25, -0.2) is 4.98 Å². The van der Waals surface area contributed by atoms with Crippen LogP contribution in [0.5, 0.6) is 0 Å². The van der Waals surface area contributed by atoms with E-state index in [0.29, 0.717) is 12.1 Å². The Morgan fingerprint density at radius 2 is 2.33 bits per heavy atom. The summed E-state index contributed by atoms with van der Waals surface area (Å²) in [4.78, 5) is 12.6. The molecular weight excluding hydrogens is 226 g/mol. The topological polar surface area (TPSA) is 47.2 Å². The monoisotopic (exact) mass is 249 g/mol. The molecule has 1 fully saturated rings. The molecule has 0 aliphatic carbocycles. The number of nitrogens with zero attached hydrogens (tertiary/aromatic N) is 3. The quantitative estimate of drug-likeness (QED) is 0.778. The van der Waals surface area contributed by atoms with Gasteiger partial charge in [0.05, 0.1) is 17.7 Å². The maximum Gasteiger partial charge on any atom is 0.0925 e. The first-order valence-corrected chi connectivity index (χ1v) is 6.89. The summed E-state index contributed by atoms with van der Waals surface area (Å²) in [5, 5.41) is 3.61. The number of nitrogens with one attached hydrogen (secondary N) is 2. The van der Waals surface area contributed by atoms with E-state index in [1.165, 1.54) is 31.0 Å². The lowest BCUT2D eigenvalue weighted by molar-refractivity contribution is 0.0958. The molecule has 2 aliphatic heterocycles. The van der Waals surface area contributed by atoms with Gasteiger partial charge in [-0.05, 0) is 14.0 Å². The molecule has 0 spiro atoms. The number of aromatic nitrogens is 2. The maximum atomic E-state index is 4.40. The summed E-state index contributed by atoms with van der Waals surface area (Å²) in [6.07, 6.45) is 2.87. The highest BCUT2D eigenvalue weighted by Gasteiger charge is 2.25. The average molecular weight is 249 g/mol. The van der Waals surface area contributed by atoms with Crippen LogP contribution in [-0.2, 0) is 13.0 Å². The fourth-order valence-corrected chi connectivity index (χ4v) is 2.96. The van der Waals surface area contributed by atoms with Gasteiger partial charge in [-0.1, -0.05) is 0 Å². The second kappa shape index (κ2) is 4.99. The van der Waals surface area contributed by atoms with Crippen LogP contribution in [0, 0.1) is 0 Å². The van der Waals surface area contributed by atoms with Crippen molar-refractivity contribution in [1.82, 2.24) is 25.1 Å². The number of H-pyrrole nitrogens is 1. The van der Waals surface area contributed by atoms with Crippen LogP contribution in [0.1, 0.15) is 18.3 Å². The molecule has 5 heteroatoms. The van der Waals surface area contributed by atoms with Gasteiger partial charge < -0.3 is 15.2 Å². The van der Waals surface area contributed by atoms with Crippen LogP contribution in [0.25, 0.3) is 0 Å². The number of aromatic amines is 1. The van der Waals surface area contributed by atoms with Gasteiger partial charge in [-0.3, -0.25) is 4.90 Å². The Hall–Kier alpha value is -0.910. The molecule has 1 saturated heterocycles. The number of imidazole rings is 1. The van der Waals surface area contributed by atoms with Crippen molar-refractivity contribution < 1.29 is 0 Å². The zero-order valence-corrected chi connectivity index (χ0v) is 11.3. The molecule has 0 saturated carbocycles. The summed E-state index contributed by atoms with van der Waals surface area (Å²) in [6.45, 7) is 7.94. The Labute approximate surface area is 109 Å². The molecule has 3 heterocycles. The molecule has 0 amide bonds. The predicted octanol–water partition coefficient (Wildman–Crippen LogP) is 0.0599. The van der Waals surface area contributed by atoms with E-state index in [1.807, 2.05) is 6.33 Å². The highest BCUT2D eigenvalue weighted by Crippen LogP contribution is 2.14. The molecule has 1 aromatic heterocycles. The third-order valence-corrected chi connectivity index (χ3v) is 4.34. The van der Waals surface area contributed by atoms with Crippen molar-refractivity contribution in [2.75, 3.05) is 33.2 Å². The molecule has 0 bridgehead atoms. The minimum absolute atomic E-state index is 0.552. The summed E-state index contributed by atoms with van der Waals surface area (Å²) in [7, 11) is 2.22. The molecule has 0 aromatic carbocycles. The van der Waals surface area contributed by atoms with E-state index in [2.05, 4.69) is 39.1 Å². The van der Waals surface area contributed by atoms with Crippen LogP contribution in [0.2, 0.25) is 0 Å². The summed E-state index contributed by atoms with van der Waals surface area (Å²) in [6, 6.07) is 1.22. The zero-order chi connectivity index (χ0) is 12.5. The summed E-state index contributed by atoms with van der Waals surface area (Å²) >= 11 is 0. The lowest BCUT2D eigenvalue weighted by atomic mass is 10.0. The van der Waals surface area contributed by atoms with E-state index >= 15 is 0 Å². The average Bonchev–Trinajstić information content (AvgIpc) is 2.81. The van der Waals surface area contributed by atoms with Crippen molar-refractivity contribution >= 4 is 0 Å². The van der Waals surface area contributed by atoms with E-state index in [0.717, 1.165) is 19.5 Å². The third kappa shape index (κ3) is 2.43. The molecular formula is C13H23N5. The van der Waals surface area contributed by atoms with E-state index in [4.69, 9.17) is 0 Å². The van der Waals surface area contributed by atoms with E-state index in [1.54, 1.807) is 0 Å². The summed E-state index contributed by atoms with van der Waals surface area (Å²) in [5.74, 6) is 0. The first kappa shape index (κ1) is 12.1. The first-order chi connectivity index (χ1) is 8.72. The molecule has 2 aliphatic rings. The van der Waals surface area contributed by atoms with E-state index < -0.39 is 0 Å².